The normalized spacial score (nSPS) is 16.8. The lowest BCUT2D eigenvalue weighted by atomic mass is 10.1. The van der Waals surface area contributed by atoms with E-state index in [1.165, 1.54) is 6.07 Å². The molecule has 1 saturated heterocycles. The number of hydrogen-bond donors (Lipinski definition) is 1. The van der Waals surface area contributed by atoms with Crippen molar-refractivity contribution < 1.29 is 23.0 Å². The summed E-state index contributed by atoms with van der Waals surface area (Å²) in [5.74, 6) is 0.795. The number of benzene rings is 3. The van der Waals surface area contributed by atoms with Crippen molar-refractivity contribution in [2.75, 3.05) is 32.1 Å². The molecule has 2 aliphatic heterocycles. The smallest absolute Gasteiger partial charge is 0.322 e. The Hall–Kier alpha value is -4.14. The first-order valence-corrected chi connectivity index (χ1v) is 11.7. The van der Waals surface area contributed by atoms with E-state index in [0.717, 1.165) is 34.8 Å². The average molecular weight is 493 g/mol. The lowest BCUT2D eigenvalue weighted by Crippen LogP contribution is -2.56. The van der Waals surface area contributed by atoms with Gasteiger partial charge in [-0.15, -0.1) is 0 Å². The van der Waals surface area contributed by atoms with Gasteiger partial charge >= 0.3 is 6.03 Å². The van der Waals surface area contributed by atoms with Crippen LogP contribution in [0.15, 0.2) is 59.6 Å². The number of rotatable bonds is 2. The molecule has 5 rings (SSSR count). The van der Waals surface area contributed by atoms with Gasteiger partial charge in [-0.1, -0.05) is 6.07 Å². The fourth-order valence-electron chi connectivity index (χ4n) is 4.45. The number of aliphatic imine (C=N–C) groups is 1. The minimum Gasteiger partial charge on any atom is -0.497 e. The minimum atomic E-state index is -1.01. The highest BCUT2D eigenvalue weighted by molar-refractivity contribution is 6.04. The molecule has 7 nitrogen and oxygen atoms in total. The number of ether oxygens (including phenoxy) is 2. The molecule has 186 valence electrons. The van der Waals surface area contributed by atoms with Gasteiger partial charge in [0.15, 0.2) is 17.4 Å². The van der Waals surface area contributed by atoms with E-state index in [0.29, 0.717) is 36.9 Å². The SMILES string of the molecule is COc1ccc2c(c1)C(N1CCN(C(=O)Nc3ccc(F)c(F)c3)[C@H](C)C1)=Nc1ccc(C)cc1O2. The van der Waals surface area contributed by atoms with E-state index in [9.17, 15) is 13.6 Å². The van der Waals surface area contributed by atoms with Crippen molar-refractivity contribution in [1.82, 2.24) is 9.80 Å². The van der Waals surface area contributed by atoms with Crippen molar-refractivity contribution in [3.05, 3.63) is 77.4 Å². The predicted octanol–water partition coefficient (Wildman–Crippen LogP) is 5.70. The van der Waals surface area contributed by atoms with Crippen LogP contribution in [-0.4, -0.2) is 54.5 Å². The van der Waals surface area contributed by atoms with E-state index in [1.54, 1.807) is 12.0 Å². The van der Waals surface area contributed by atoms with Gasteiger partial charge in [0.2, 0.25) is 0 Å². The molecule has 0 spiro atoms. The maximum atomic E-state index is 13.6. The Labute approximate surface area is 208 Å². The summed E-state index contributed by atoms with van der Waals surface area (Å²) in [6.45, 7) is 5.39. The number of aryl methyl sites for hydroxylation is 1. The number of amidine groups is 1. The molecule has 1 atom stereocenters. The highest BCUT2D eigenvalue weighted by Crippen LogP contribution is 2.40. The van der Waals surface area contributed by atoms with Crippen LogP contribution in [-0.2, 0) is 0 Å². The number of fused-ring (bicyclic) bond motifs is 2. The number of carbonyl (C=O) groups is 1. The summed E-state index contributed by atoms with van der Waals surface area (Å²) in [4.78, 5) is 21.7. The van der Waals surface area contributed by atoms with Crippen LogP contribution in [0.25, 0.3) is 0 Å². The maximum absolute atomic E-state index is 13.6. The molecule has 9 heteroatoms. The molecule has 3 aromatic carbocycles. The predicted molar refractivity (Wildman–Crippen MR) is 134 cm³/mol. The zero-order valence-corrected chi connectivity index (χ0v) is 20.2. The lowest BCUT2D eigenvalue weighted by molar-refractivity contribution is 0.145. The van der Waals surface area contributed by atoms with Crippen LogP contribution in [0.3, 0.4) is 0 Å². The summed E-state index contributed by atoms with van der Waals surface area (Å²) in [5, 5.41) is 2.66. The molecule has 3 aromatic rings. The van der Waals surface area contributed by atoms with Crippen LogP contribution in [0.1, 0.15) is 18.1 Å². The van der Waals surface area contributed by atoms with Gasteiger partial charge in [-0.2, -0.15) is 0 Å². The summed E-state index contributed by atoms with van der Waals surface area (Å²) in [6.07, 6.45) is 0. The zero-order chi connectivity index (χ0) is 25.4. The van der Waals surface area contributed by atoms with Gasteiger partial charge in [0, 0.05) is 37.4 Å². The van der Waals surface area contributed by atoms with E-state index in [4.69, 9.17) is 14.5 Å². The summed E-state index contributed by atoms with van der Waals surface area (Å²) in [7, 11) is 1.61. The van der Waals surface area contributed by atoms with Gasteiger partial charge in [0.05, 0.1) is 12.7 Å². The molecule has 1 N–H and O–H groups in total. The van der Waals surface area contributed by atoms with E-state index < -0.39 is 11.6 Å². The minimum absolute atomic E-state index is 0.178. The topological polar surface area (TPSA) is 66.4 Å². The van der Waals surface area contributed by atoms with Gasteiger partial charge in [0.1, 0.15) is 23.0 Å². The molecule has 0 unspecified atom stereocenters. The first-order chi connectivity index (χ1) is 17.3. The quantitative estimate of drug-likeness (QED) is 0.498. The average Bonchev–Trinajstić information content (AvgIpc) is 3.02. The molecule has 0 bridgehead atoms. The number of piperazine rings is 1. The summed E-state index contributed by atoms with van der Waals surface area (Å²) < 4.78 is 38.5. The van der Waals surface area contributed by atoms with E-state index in [1.807, 2.05) is 50.2 Å². The lowest BCUT2D eigenvalue weighted by Gasteiger charge is -2.41. The molecule has 0 aliphatic carbocycles. The molecule has 2 aliphatic rings. The number of nitrogens with one attached hydrogen (secondary N) is 1. The van der Waals surface area contributed by atoms with Crippen LogP contribution >= 0.6 is 0 Å². The van der Waals surface area contributed by atoms with Crippen molar-refractivity contribution in [3.8, 4) is 17.2 Å². The van der Waals surface area contributed by atoms with Gasteiger partial charge < -0.3 is 24.6 Å². The Morgan fingerprint density at radius 3 is 2.64 bits per heavy atom. The van der Waals surface area contributed by atoms with Crippen LogP contribution in [0.5, 0.6) is 17.2 Å². The molecule has 2 amide bonds. The molecular weight excluding hydrogens is 466 g/mol. The highest BCUT2D eigenvalue weighted by atomic mass is 19.2. The second-order valence-corrected chi connectivity index (χ2v) is 8.92. The number of hydrogen-bond acceptors (Lipinski definition) is 5. The number of urea groups is 1. The van der Waals surface area contributed by atoms with Gasteiger partial charge in [-0.25, -0.2) is 18.6 Å². The van der Waals surface area contributed by atoms with Crippen LogP contribution < -0.4 is 14.8 Å². The van der Waals surface area contributed by atoms with Crippen molar-refractivity contribution in [2.24, 2.45) is 4.99 Å². The van der Waals surface area contributed by atoms with Crippen molar-refractivity contribution in [3.63, 3.8) is 0 Å². The van der Waals surface area contributed by atoms with Crippen molar-refractivity contribution in [2.45, 2.75) is 19.9 Å². The Kier molecular flexibility index (Phi) is 6.22. The highest BCUT2D eigenvalue weighted by Gasteiger charge is 2.32. The third-order valence-electron chi connectivity index (χ3n) is 6.35. The number of amides is 2. The molecule has 0 saturated carbocycles. The number of halogens is 2. The van der Waals surface area contributed by atoms with E-state index in [2.05, 4.69) is 10.2 Å². The van der Waals surface area contributed by atoms with E-state index in [-0.39, 0.29) is 17.8 Å². The van der Waals surface area contributed by atoms with Crippen LogP contribution in [0.2, 0.25) is 0 Å². The zero-order valence-electron chi connectivity index (χ0n) is 20.2. The third kappa shape index (κ3) is 4.56. The van der Waals surface area contributed by atoms with Gasteiger partial charge in [0.25, 0.3) is 0 Å². The van der Waals surface area contributed by atoms with Crippen molar-refractivity contribution in [1.29, 1.82) is 0 Å². The molecule has 1 fully saturated rings. The third-order valence-corrected chi connectivity index (χ3v) is 6.35. The second-order valence-electron chi connectivity index (χ2n) is 8.92. The monoisotopic (exact) mass is 492 g/mol. The van der Waals surface area contributed by atoms with Gasteiger partial charge in [-0.05, 0) is 61.9 Å². The Balaban J connectivity index is 1.41. The number of nitrogens with zero attached hydrogens (tertiary/aromatic N) is 3. The number of methoxy groups -OCH3 is 1. The fraction of sp³-hybridized carbons (Fsp3) is 0.259. The molecule has 2 heterocycles. The van der Waals surface area contributed by atoms with Gasteiger partial charge in [-0.3, -0.25) is 0 Å². The number of anilines is 1. The second kappa shape index (κ2) is 9.49. The first kappa shape index (κ1) is 23.6. The largest absolute Gasteiger partial charge is 0.497 e. The van der Waals surface area contributed by atoms with E-state index >= 15 is 0 Å². The maximum Gasteiger partial charge on any atom is 0.322 e. The molecular formula is C27H26F2N4O3. The van der Waals surface area contributed by atoms with Crippen LogP contribution in [0.4, 0.5) is 25.0 Å². The van der Waals surface area contributed by atoms with Crippen LogP contribution in [0, 0.1) is 18.6 Å². The summed E-state index contributed by atoms with van der Waals surface area (Å²) in [6, 6.07) is 14.2. The van der Waals surface area contributed by atoms with Crippen molar-refractivity contribution >= 4 is 23.2 Å². The standard InChI is InChI=1S/C27H26F2N4O3/c1-16-4-8-23-25(12-16)36-24-9-6-19(35-3)14-20(24)26(31-23)32-10-11-33(17(2)15-32)27(34)30-18-5-7-21(28)22(29)13-18/h4-9,12-14,17H,10-11,15H2,1-3H3,(H,30,34)/t17-/m1/s1. The molecule has 0 radical (unpaired) electrons. The summed E-state index contributed by atoms with van der Waals surface area (Å²) in [5.41, 5.74) is 2.79. The Bertz CT molecular complexity index is 1360. The summed E-state index contributed by atoms with van der Waals surface area (Å²) >= 11 is 0. The molecule has 0 aromatic heterocycles. The Morgan fingerprint density at radius 1 is 1.06 bits per heavy atom. The number of carbonyl (C=O) groups excluding carboxylic acids is 1. The Morgan fingerprint density at radius 2 is 1.89 bits per heavy atom. The molecule has 36 heavy (non-hydrogen) atoms. The first-order valence-electron chi connectivity index (χ1n) is 11.7. The fourth-order valence-corrected chi connectivity index (χ4v) is 4.45.